The van der Waals surface area contributed by atoms with Gasteiger partial charge in [0.15, 0.2) is 0 Å². The predicted molar refractivity (Wildman–Crippen MR) is 83.0 cm³/mol. The Balaban J connectivity index is 3.20. The molecule has 0 aliphatic heterocycles. The van der Waals surface area contributed by atoms with Crippen LogP contribution in [0.2, 0.25) is 0 Å². The van der Waals surface area contributed by atoms with Gasteiger partial charge in [-0.2, -0.15) is 0 Å². The Morgan fingerprint density at radius 2 is 1.91 bits per heavy atom. The molecule has 0 aromatic carbocycles. The van der Waals surface area contributed by atoms with E-state index in [2.05, 4.69) is 0 Å². The number of carbonyl (C=O) groups is 3. The highest BCUT2D eigenvalue weighted by molar-refractivity contribution is 7.17. The number of carbonyl (C=O) groups excluding carboxylic acids is 1. The lowest BCUT2D eigenvalue weighted by Gasteiger charge is -2.39. The quantitative estimate of drug-likeness (QED) is 0.670. The average Bonchev–Trinajstić information content (AvgIpc) is 2.89. The SMILES string of the molecule is CCN(C(=O)c1ccc(N)s1)[C@@](CC)(CCC(=O)O)C(=O)O. The summed E-state index contributed by atoms with van der Waals surface area (Å²) in [5, 5.41) is 18.9. The first-order chi connectivity index (χ1) is 10.3. The Bertz CT molecular complexity index is 571. The van der Waals surface area contributed by atoms with Crippen molar-refractivity contribution in [1.82, 2.24) is 4.90 Å². The van der Waals surface area contributed by atoms with Crippen LogP contribution in [-0.2, 0) is 9.59 Å². The minimum Gasteiger partial charge on any atom is -0.481 e. The first-order valence-corrected chi connectivity index (χ1v) is 7.72. The van der Waals surface area contributed by atoms with Crippen LogP contribution in [0.25, 0.3) is 0 Å². The standard InChI is InChI=1S/C14H20N2O5S/c1-3-14(13(20)21,8-7-11(17)18)16(4-2)12(19)9-5-6-10(15)22-9/h5-6H,3-4,7-8,15H2,1-2H3,(H,17,18)(H,20,21)/t14-/m0/s1. The number of hydrogen-bond acceptors (Lipinski definition) is 5. The smallest absolute Gasteiger partial charge is 0.329 e. The number of carboxylic acid groups (broad SMARTS) is 2. The summed E-state index contributed by atoms with van der Waals surface area (Å²) in [6.45, 7) is 3.47. The molecule has 0 saturated carbocycles. The average molecular weight is 328 g/mol. The summed E-state index contributed by atoms with van der Waals surface area (Å²) in [6.07, 6.45) is -0.346. The van der Waals surface area contributed by atoms with Crippen molar-refractivity contribution in [3.8, 4) is 0 Å². The molecule has 1 rings (SSSR count). The number of hydrogen-bond donors (Lipinski definition) is 3. The van der Waals surface area contributed by atoms with Crippen molar-refractivity contribution >= 4 is 34.2 Å². The second-order valence-corrected chi connectivity index (χ2v) is 5.95. The zero-order valence-corrected chi connectivity index (χ0v) is 13.4. The van der Waals surface area contributed by atoms with Crippen LogP contribution >= 0.6 is 11.3 Å². The van der Waals surface area contributed by atoms with E-state index in [-0.39, 0.29) is 25.8 Å². The van der Waals surface area contributed by atoms with Gasteiger partial charge >= 0.3 is 11.9 Å². The molecule has 4 N–H and O–H groups in total. The lowest BCUT2D eigenvalue weighted by Crippen LogP contribution is -2.56. The molecule has 8 heteroatoms. The molecule has 1 aromatic heterocycles. The first kappa shape index (κ1) is 18.0. The van der Waals surface area contributed by atoms with E-state index in [0.29, 0.717) is 9.88 Å². The number of anilines is 1. The van der Waals surface area contributed by atoms with Gasteiger partial charge in [0, 0.05) is 13.0 Å². The fourth-order valence-electron chi connectivity index (χ4n) is 2.43. The highest BCUT2D eigenvalue weighted by Gasteiger charge is 2.45. The van der Waals surface area contributed by atoms with E-state index in [9.17, 15) is 19.5 Å². The molecule has 7 nitrogen and oxygen atoms in total. The fourth-order valence-corrected chi connectivity index (χ4v) is 3.15. The van der Waals surface area contributed by atoms with Crippen LogP contribution in [0.3, 0.4) is 0 Å². The summed E-state index contributed by atoms with van der Waals surface area (Å²) < 4.78 is 0. The van der Waals surface area contributed by atoms with Gasteiger partial charge in [-0.25, -0.2) is 4.79 Å². The van der Waals surface area contributed by atoms with E-state index in [1.54, 1.807) is 26.0 Å². The maximum atomic E-state index is 12.6. The van der Waals surface area contributed by atoms with Crippen molar-refractivity contribution in [2.24, 2.45) is 0 Å². The van der Waals surface area contributed by atoms with E-state index in [1.165, 1.54) is 4.90 Å². The van der Waals surface area contributed by atoms with Crippen LogP contribution < -0.4 is 5.73 Å². The molecule has 1 aromatic rings. The van der Waals surface area contributed by atoms with Gasteiger partial charge in [-0.1, -0.05) is 6.92 Å². The second-order valence-electron chi connectivity index (χ2n) is 4.84. The molecule has 22 heavy (non-hydrogen) atoms. The topological polar surface area (TPSA) is 121 Å². The van der Waals surface area contributed by atoms with Crippen LogP contribution in [0.4, 0.5) is 5.00 Å². The van der Waals surface area contributed by atoms with Gasteiger partial charge in [0.2, 0.25) is 0 Å². The summed E-state index contributed by atoms with van der Waals surface area (Å²) >= 11 is 1.08. The molecule has 0 unspecified atom stereocenters. The fraction of sp³-hybridized carbons (Fsp3) is 0.500. The molecule has 1 atom stereocenters. The Kier molecular flexibility index (Phi) is 5.92. The zero-order chi connectivity index (χ0) is 16.9. The zero-order valence-electron chi connectivity index (χ0n) is 12.5. The highest BCUT2D eigenvalue weighted by atomic mass is 32.1. The normalized spacial score (nSPS) is 13.4. The first-order valence-electron chi connectivity index (χ1n) is 6.91. The summed E-state index contributed by atoms with van der Waals surface area (Å²) in [7, 11) is 0. The molecule has 0 aliphatic carbocycles. The summed E-state index contributed by atoms with van der Waals surface area (Å²) in [5.74, 6) is -2.74. The summed E-state index contributed by atoms with van der Waals surface area (Å²) in [4.78, 5) is 36.8. The third-order valence-corrected chi connectivity index (χ3v) is 4.55. The number of amides is 1. The molecule has 122 valence electrons. The minimum atomic E-state index is -1.54. The second kappa shape index (κ2) is 7.26. The van der Waals surface area contributed by atoms with Crippen molar-refractivity contribution in [2.75, 3.05) is 12.3 Å². The summed E-state index contributed by atoms with van der Waals surface area (Å²) in [5.41, 5.74) is 4.07. The molecular weight excluding hydrogens is 308 g/mol. The van der Waals surface area contributed by atoms with Gasteiger partial charge in [-0.3, -0.25) is 9.59 Å². The molecule has 0 radical (unpaired) electrons. The third-order valence-electron chi connectivity index (χ3n) is 3.65. The van der Waals surface area contributed by atoms with E-state index in [1.807, 2.05) is 0 Å². The Morgan fingerprint density at radius 3 is 2.27 bits per heavy atom. The number of nitrogen functional groups attached to an aromatic ring is 1. The highest BCUT2D eigenvalue weighted by Crippen LogP contribution is 2.30. The van der Waals surface area contributed by atoms with Gasteiger partial charge < -0.3 is 20.8 Å². The number of aliphatic carboxylic acids is 2. The Hall–Kier alpha value is -2.09. The summed E-state index contributed by atoms with van der Waals surface area (Å²) in [6, 6.07) is 3.13. The van der Waals surface area contributed by atoms with E-state index in [4.69, 9.17) is 10.8 Å². The minimum absolute atomic E-state index is 0.121. The van der Waals surface area contributed by atoms with Crippen LogP contribution in [0.15, 0.2) is 12.1 Å². The molecule has 0 spiro atoms. The molecule has 0 aliphatic rings. The molecule has 1 heterocycles. The maximum Gasteiger partial charge on any atom is 0.329 e. The number of nitrogens with zero attached hydrogens (tertiary/aromatic N) is 1. The van der Waals surface area contributed by atoms with Crippen LogP contribution in [0.1, 0.15) is 42.8 Å². The number of nitrogens with two attached hydrogens (primary N) is 1. The van der Waals surface area contributed by atoms with Gasteiger partial charge in [0.25, 0.3) is 5.91 Å². The lowest BCUT2D eigenvalue weighted by molar-refractivity contribution is -0.151. The van der Waals surface area contributed by atoms with E-state index >= 15 is 0 Å². The molecular formula is C14H20N2O5S. The maximum absolute atomic E-state index is 12.6. The number of rotatable bonds is 8. The van der Waals surface area contributed by atoms with Crippen molar-refractivity contribution in [3.05, 3.63) is 17.0 Å². The van der Waals surface area contributed by atoms with E-state index in [0.717, 1.165) is 11.3 Å². The van der Waals surface area contributed by atoms with Gasteiger partial charge in [0.1, 0.15) is 5.54 Å². The number of carboxylic acids is 2. The van der Waals surface area contributed by atoms with Crippen molar-refractivity contribution in [2.45, 2.75) is 38.6 Å². The van der Waals surface area contributed by atoms with Crippen LogP contribution in [-0.4, -0.2) is 45.0 Å². The van der Waals surface area contributed by atoms with Gasteiger partial charge in [0.05, 0.1) is 9.88 Å². The monoisotopic (exact) mass is 328 g/mol. The lowest BCUT2D eigenvalue weighted by atomic mass is 9.88. The van der Waals surface area contributed by atoms with Gasteiger partial charge in [-0.05, 0) is 31.9 Å². The van der Waals surface area contributed by atoms with Gasteiger partial charge in [-0.15, -0.1) is 11.3 Å². The molecule has 1 amide bonds. The predicted octanol–water partition coefficient (Wildman–Crippen LogP) is 1.89. The largest absolute Gasteiger partial charge is 0.481 e. The molecule has 0 fully saturated rings. The Morgan fingerprint density at radius 1 is 1.27 bits per heavy atom. The Labute approximate surface area is 132 Å². The van der Waals surface area contributed by atoms with Crippen LogP contribution in [0.5, 0.6) is 0 Å². The molecule has 0 bridgehead atoms. The number of likely N-dealkylation sites (N-methyl/N-ethyl adjacent to an activating group) is 1. The number of thiophene rings is 1. The van der Waals surface area contributed by atoms with Crippen molar-refractivity contribution in [1.29, 1.82) is 0 Å². The molecule has 0 saturated heterocycles. The third kappa shape index (κ3) is 3.56. The van der Waals surface area contributed by atoms with Crippen molar-refractivity contribution < 1.29 is 24.6 Å². The van der Waals surface area contributed by atoms with Crippen molar-refractivity contribution in [3.63, 3.8) is 0 Å². The van der Waals surface area contributed by atoms with Crippen LogP contribution in [0, 0.1) is 0 Å². The van der Waals surface area contributed by atoms with E-state index < -0.39 is 23.4 Å².